The normalized spacial score (nSPS) is 10.9. The summed E-state index contributed by atoms with van der Waals surface area (Å²) in [7, 11) is 0. The number of halogens is 2. The molecule has 0 spiro atoms. The number of H-pyrrole nitrogens is 1. The average molecular weight is 246 g/mol. The molecule has 62 valence electrons. The Morgan fingerprint density at radius 3 is 3.00 bits per heavy atom. The molecule has 0 saturated heterocycles. The first kappa shape index (κ1) is 8.08. The Bertz CT molecular complexity index is 436. The van der Waals surface area contributed by atoms with Gasteiger partial charge in [-0.25, -0.2) is 0 Å². The highest BCUT2D eigenvalue weighted by Gasteiger charge is 2.04. The molecule has 1 N–H and O–H groups in total. The van der Waals surface area contributed by atoms with Gasteiger partial charge in [-0.15, -0.1) is 0 Å². The van der Waals surface area contributed by atoms with Gasteiger partial charge < -0.3 is 0 Å². The van der Waals surface area contributed by atoms with E-state index >= 15 is 0 Å². The third-order valence-electron chi connectivity index (χ3n) is 1.79. The second-order valence-corrected chi connectivity index (χ2v) is 3.89. The minimum atomic E-state index is 0.715. The fourth-order valence-electron chi connectivity index (χ4n) is 1.13. The average Bonchev–Trinajstić information content (AvgIpc) is 2.35. The van der Waals surface area contributed by atoms with E-state index in [1.165, 1.54) is 0 Å². The number of aryl methyl sites for hydroxylation is 1. The van der Waals surface area contributed by atoms with E-state index in [9.17, 15) is 0 Å². The van der Waals surface area contributed by atoms with E-state index in [1.54, 1.807) is 0 Å². The maximum atomic E-state index is 5.93. The molecule has 1 heterocycles. The van der Waals surface area contributed by atoms with Crippen LogP contribution in [0.5, 0.6) is 0 Å². The van der Waals surface area contributed by atoms with E-state index in [1.807, 2.05) is 19.1 Å². The highest BCUT2D eigenvalue weighted by Crippen LogP contribution is 2.28. The van der Waals surface area contributed by atoms with Crippen LogP contribution in [-0.4, -0.2) is 10.2 Å². The van der Waals surface area contributed by atoms with E-state index in [2.05, 4.69) is 26.1 Å². The fraction of sp³-hybridized carbons (Fsp3) is 0.125. The van der Waals surface area contributed by atoms with Crippen molar-refractivity contribution in [1.82, 2.24) is 10.2 Å². The number of nitrogens with one attached hydrogen (secondary N) is 1. The Morgan fingerprint density at radius 2 is 2.25 bits per heavy atom. The standard InChI is InChI=1S/C8H6BrClN2/c1-4-5-2-7(10)6(9)3-8(5)12-11-4/h2-3H,1H3,(H,11,12). The first-order chi connectivity index (χ1) is 5.68. The summed E-state index contributed by atoms with van der Waals surface area (Å²) in [6.07, 6.45) is 0. The number of aromatic amines is 1. The van der Waals surface area contributed by atoms with Crippen molar-refractivity contribution >= 4 is 38.4 Å². The van der Waals surface area contributed by atoms with Crippen LogP contribution < -0.4 is 0 Å². The number of aromatic nitrogens is 2. The van der Waals surface area contributed by atoms with E-state index < -0.39 is 0 Å². The van der Waals surface area contributed by atoms with Gasteiger partial charge >= 0.3 is 0 Å². The van der Waals surface area contributed by atoms with Crippen LogP contribution in [0.25, 0.3) is 10.9 Å². The van der Waals surface area contributed by atoms with Gasteiger partial charge in [-0.3, -0.25) is 5.10 Å². The molecule has 0 bridgehead atoms. The van der Waals surface area contributed by atoms with Gasteiger partial charge in [0.2, 0.25) is 0 Å². The molecular formula is C8H6BrClN2. The van der Waals surface area contributed by atoms with Gasteiger partial charge in [-0.2, -0.15) is 5.10 Å². The van der Waals surface area contributed by atoms with Gasteiger partial charge in [-0.1, -0.05) is 11.6 Å². The summed E-state index contributed by atoms with van der Waals surface area (Å²) in [6.45, 7) is 1.97. The van der Waals surface area contributed by atoms with Gasteiger partial charge in [0.25, 0.3) is 0 Å². The minimum Gasteiger partial charge on any atom is -0.282 e. The number of fused-ring (bicyclic) bond motifs is 1. The van der Waals surface area contributed by atoms with E-state index in [-0.39, 0.29) is 0 Å². The lowest BCUT2D eigenvalue weighted by Gasteiger charge is -1.94. The number of benzene rings is 1. The number of nitrogens with zero attached hydrogens (tertiary/aromatic N) is 1. The Morgan fingerprint density at radius 1 is 1.50 bits per heavy atom. The van der Waals surface area contributed by atoms with Gasteiger partial charge in [0.15, 0.2) is 0 Å². The molecule has 0 amide bonds. The quantitative estimate of drug-likeness (QED) is 0.758. The predicted molar refractivity (Wildman–Crippen MR) is 53.5 cm³/mol. The molecule has 0 aliphatic heterocycles. The Kier molecular flexibility index (Phi) is 1.85. The second-order valence-electron chi connectivity index (χ2n) is 2.63. The molecule has 0 saturated carbocycles. The summed E-state index contributed by atoms with van der Waals surface area (Å²) < 4.78 is 0.878. The van der Waals surface area contributed by atoms with Crippen LogP contribution in [0.4, 0.5) is 0 Å². The van der Waals surface area contributed by atoms with Crippen molar-refractivity contribution in [3.8, 4) is 0 Å². The lowest BCUT2D eigenvalue weighted by Crippen LogP contribution is -1.72. The van der Waals surface area contributed by atoms with Crippen molar-refractivity contribution in [2.45, 2.75) is 6.92 Å². The van der Waals surface area contributed by atoms with Gasteiger partial charge in [0.05, 0.1) is 10.5 Å². The lowest BCUT2D eigenvalue weighted by atomic mass is 10.2. The van der Waals surface area contributed by atoms with Crippen molar-refractivity contribution in [2.24, 2.45) is 0 Å². The van der Waals surface area contributed by atoms with Crippen molar-refractivity contribution < 1.29 is 0 Å². The molecule has 1 aromatic carbocycles. The number of hydrogen-bond donors (Lipinski definition) is 1. The summed E-state index contributed by atoms with van der Waals surface area (Å²) in [4.78, 5) is 0. The van der Waals surface area contributed by atoms with Crippen LogP contribution in [0.1, 0.15) is 5.69 Å². The number of rotatable bonds is 0. The molecule has 0 fully saturated rings. The van der Waals surface area contributed by atoms with Crippen molar-refractivity contribution in [3.05, 3.63) is 27.3 Å². The zero-order chi connectivity index (χ0) is 8.72. The van der Waals surface area contributed by atoms with Gasteiger partial charge in [-0.05, 0) is 35.0 Å². The summed E-state index contributed by atoms with van der Waals surface area (Å²) in [5.41, 5.74) is 1.98. The molecular weight excluding hydrogens is 239 g/mol. The van der Waals surface area contributed by atoms with Crippen molar-refractivity contribution in [2.75, 3.05) is 0 Å². The lowest BCUT2D eigenvalue weighted by molar-refractivity contribution is 1.07. The summed E-state index contributed by atoms with van der Waals surface area (Å²) in [5, 5.41) is 8.80. The van der Waals surface area contributed by atoms with Crippen molar-refractivity contribution in [3.63, 3.8) is 0 Å². The highest BCUT2D eigenvalue weighted by atomic mass is 79.9. The van der Waals surface area contributed by atoms with E-state index in [0.29, 0.717) is 5.02 Å². The Labute approximate surface area is 83.0 Å². The molecule has 0 unspecified atom stereocenters. The molecule has 4 heteroatoms. The second kappa shape index (κ2) is 2.75. The Hall–Kier alpha value is -0.540. The highest BCUT2D eigenvalue weighted by molar-refractivity contribution is 9.10. The molecule has 1 aromatic heterocycles. The zero-order valence-electron chi connectivity index (χ0n) is 6.36. The molecule has 0 aliphatic carbocycles. The van der Waals surface area contributed by atoms with E-state index in [4.69, 9.17) is 11.6 Å². The molecule has 0 atom stereocenters. The third kappa shape index (κ3) is 1.13. The summed E-state index contributed by atoms with van der Waals surface area (Å²) in [5.74, 6) is 0. The zero-order valence-corrected chi connectivity index (χ0v) is 8.70. The predicted octanol–water partition coefficient (Wildman–Crippen LogP) is 3.29. The summed E-state index contributed by atoms with van der Waals surface area (Å²) in [6, 6.07) is 3.81. The minimum absolute atomic E-state index is 0.715. The first-order valence-corrected chi connectivity index (χ1v) is 4.65. The molecule has 2 aromatic rings. The van der Waals surface area contributed by atoms with Crippen LogP contribution in [0, 0.1) is 6.92 Å². The Balaban J connectivity index is 2.87. The third-order valence-corrected chi connectivity index (χ3v) is 2.98. The fourth-order valence-corrected chi connectivity index (χ4v) is 1.63. The summed E-state index contributed by atoms with van der Waals surface area (Å²) >= 11 is 9.27. The van der Waals surface area contributed by atoms with Gasteiger partial charge in [0, 0.05) is 15.6 Å². The van der Waals surface area contributed by atoms with Crippen LogP contribution >= 0.6 is 27.5 Å². The van der Waals surface area contributed by atoms with Crippen LogP contribution in [-0.2, 0) is 0 Å². The largest absolute Gasteiger partial charge is 0.282 e. The SMILES string of the molecule is Cc1[nH]nc2cc(Br)c(Cl)cc12. The first-order valence-electron chi connectivity index (χ1n) is 3.48. The molecule has 0 aliphatic rings. The molecule has 0 radical (unpaired) electrons. The maximum Gasteiger partial charge on any atom is 0.0935 e. The topological polar surface area (TPSA) is 28.7 Å². The molecule has 2 rings (SSSR count). The maximum absolute atomic E-state index is 5.93. The van der Waals surface area contributed by atoms with Gasteiger partial charge in [0.1, 0.15) is 0 Å². The van der Waals surface area contributed by atoms with Crippen LogP contribution in [0.2, 0.25) is 5.02 Å². The van der Waals surface area contributed by atoms with Crippen LogP contribution in [0.3, 0.4) is 0 Å². The smallest absolute Gasteiger partial charge is 0.0935 e. The monoisotopic (exact) mass is 244 g/mol. The molecule has 2 nitrogen and oxygen atoms in total. The van der Waals surface area contributed by atoms with Crippen LogP contribution in [0.15, 0.2) is 16.6 Å². The van der Waals surface area contributed by atoms with E-state index in [0.717, 1.165) is 21.1 Å². The number of hydrogen-bond acceptors (Lipinski definition) is 1. The van der Waals surface area contributed by atoms with Crippen molar-refractivity contribution in [1.29, 1.82) is 0 Å². The molecule has 12 heavy (non-hydrogen) atoms.